The number of likely N-dealkylation sites (N-methyl/N-ethyl adjacent to an activating group) is 1. The third-order valence-corrected chi connectivity index (χ3v) is 3.91. The van der Waals surface area contributed by atoms with Crippen molar-refractivity contribution in [3.63, 3.8) is 0 Å². The zero-order valence-electron chi connectivity index (χ0n) is 13.0. The van der Waals surface area contributed by atoms with Gasteiger partial charge in [-0.1, -0.05) is 42.8 Å². The van der Waals surface area contributed by atoms with Crippen molar-refractivity contribution >= 4 is 34.2 Å². The fourth-order valence-electron chi connectivity index (χ4n) is 2.20. The first-order valence-corrected chi connectivity index (χ1v) is 7.54. The van der Waals surface area contributed by atoms with E-state index in [0.717, 1.165) is 10.8 Å². The summed E-state index contributed by atoms with van der Waals surface area (Å²) < 4.78 is 5.60. The van der Waals surface area contributed by atoms with E-state index in [1.165, 1.54) is 4.90 Å². The van der Waals surface area contributed by atoms with Crippen LogP contribution in [0.5, 0.6) is 5.75 Å². The Morgan fingerprint density at radius 3 is 2.52 bits per heavy atom. The minimum Gasteiger partial charge on any atom is -0.483 e. The molecule has 0 bridgehead atoms. The van der Waals surface area contributed by atoms with Crippen molar-refractivity contribution in [3.8, 4) is 5.75 Å². The van der Waals surface area contributed by atoms with Gasteiger partial charge in [-0.05, 0) is 12.1 Å². The molecule has 2 rings (SSSR count). The molecule has 0 spiro atoms. The van der Waals surface area contributed by atoms with E-state index in [0.29, 0.717) is 10.8 Å². The summed E-state index contributed by atoms with van der Waals surface area (Å²) in [5.41, 5.74) is 0. The molecule has 0 saturated carbocycles. The fourth-order valence-corrected chi connectivity index (χ4v) is 2.43. The van der Waals surface area contributed by atoms with Gasteiger partial charge < -0.3 is 14.7 Å². The molecule has 23 heavy (non-hydrogen) atoms. The van der Waals surface area contributed by atoms with Gasteiger partial charge in [0.25, 0.3) is 5.91 Å². The number of nitrogens with zero attached hydrogens (tertiary/aromatic N) is 1. The van der Waals surface area contributed by atoms with Crippen molar-refractivity contribution in [1.82, 2.24) is 4.90 Å². The monoisotopic (exact) mass is 335 g/mol. The van der Waals surface area contributed by atoms with E-state index in [1.807, 2.05) is 24.3 Å². The normalized spacial score (nSPS) is 12.0. The Bertz CT molecular complexity index is 732. The predicted octanol–water partition coefficient (Wildman–Crippen LogP) is 3.05. The lowest BCUT2D eigenvalue weighted by atomic mass is 10.1. The summed E-state index contributed by atoms with van der Waals surface area (Å²) in [6.45, 7) is 1.53. The minimum atomic E-state index is -0.936. The average molecular weight is 336 g/mol. The van der Waals surface area contributed by atoms with E-state index in [1.54, 1.807) is 26.1 Å². The van der Waals surface area contributed by atoms with Crippen molar-refractivity contribution in [2.45, 2.75) is 6.92 Å². The lowest BCUT2D eigenvalue weighted by Gasteiger charge is -2.20. The maximum atomic E-state index is 12.1. The van der Waals surface area contributed by atoms with Gasteiger partial charge in [-0.15, -0.1) is 0 Å². The van der Waals surface area contributed by atoms with Crippen molar-refractivity contribution < 1.29 is 19.4 Å². The topological polar surface area (TPSA) is 66.8 Å². The van der Waals surface area contributed by atoms with Crippen LogP contribution in [0.1, 0.15) is 6.92 Å². The highest BCUT2D eigenvalue weighted by atomic mass is 35.5. The van der Waals surface area contributed by atoms with E-state index in [9.17, 15) is 9.59 Å². The first-order valence-electron chi connectivity index (χ1n) is 7.17. The number of carboxylic acids is 1. The number of hydrogen-bond donors (Lipinski definition) is 1. The number of aliphatic carboxylic acids is 1. The SMILES string of the molecule is CC(CN(C)C(=O)COc1ccc(Cl)c2ccccc12)C(=O)O. The van der Waals surface area contributed by atoms with Gasteiger partial charge in [0, 0.05) is 29.4 Å². The molecule has 1 amide bonds. The van der Waals surface area contributed by atoms with E-state index < -0.39 is 11.9 Å². The molecule has 1 N–H and O–H groups in total. The van der Waals surface area contributed by atoms with Gasteiger partial charge in [-0.3, -0.25) is 9.59 Å². The molecule has 0 saturated heterocycles. The Morgan fingerprint density at radius 2 is 1.87 bits per heavy atom. The molecule has 1 atom stereocenters. The molecule has 0 radical (unpaired) electrons. The molecule has 0 heterocycles. The zero-order valence-corrected chi connectivity index (χ0v) is 13.7. The van der Waals surface area contributed by atoms with Gasteiger partial charge in [0.1, 0.15) is 5.75 Å². The summed E-state index contributed by atoms with van der Waals surface area (Å²) in [6.07, 6.45) is 0. The predicted molar refractivity (Wildman–Crippen MR) is 88.9 cm³/mol. The molecule has 6 heteroatoms. The molecule has 2 aromatic carbocycles. The van der Waals surface area contributed by atoms with Crippen molar-refractivity contribution in [1.29, 1.82) is 0 Å². The fraction of sp³-hybridized carbons (Fsp3) is 0.294. The standard InChI is InChI=1S/C17H18ClNO4/c1-11(17(21)22)9-19(2)16(20)10-23-15-8-7-14(18)12-5-3-4-6-13(12)15/h3-8,11H,9-10H2,1-2H3,(H,21,22). The summed E-state index contributed by atoms with van der Waals surface area (Å²) >= 11 is 6.14. The first kappa shape index (κ1) is 17.1. The third-order valence-electron chi connectivity index (χ3n) is 3.58. The highest BCUT2D eigenvalue weighted by molar-refractivity contribution is 6.35. The highest BCUT2D eigenvalue weighted by Crippen LogP contribution is 2.31. The van der Waals surface area contributed by atoms with Crippen molar-refractivity contribution in [2.24, 2.45) is 5.92 Å². The number of halogens is 1. The number of carbonyl (C=O) groups is 2. The van der Waals surface area contributed by atoms with Crippen LogP contribution >= 0.6 is 11.6 Å². The Morgan fingerprint density at radius 1 is 1.22 bits per heavy atom. The minimum absolute atomic E-state index is 0.138. The number of benzene rings is 2. The second-order valence-electron chi connectivity index (χ2n) is 5.39. The Kier molecular flexibility index (Phi) is 5.45. The van der Waals surface area contributed by atoms with Crippen molar-refractivity contribution in [3.05, 3.63) is 41.4 Å². The number of rotatable bonds is 6. The van der Waals surface area contributed by atoms with Crippen LogP contribution in [0.2, 0.25) is 5.02 Å². The number of ether oxygens (including phenoxy) is 1. The summed E-state index contributed by atoms with van der Waals surface area (Å²) in [7, 11) is 1.56. The van der Waals surface area contributed by atoms with Crippen LogP contribution in [0.4, 0.5) is 0 Å². The van der Waals surface area contributed by atoms with Crippen LogP contribution in [0, 0.1) is 5.92 Å². The number of hydrogen-bond acceptors (Lipinski definition) is 3. The van der Waals surface area contributed by atoms with E-state index in [2.05, 4.69) is 0 Å². The maximum absolute atomic E-state index is 12.1. The Balaban J connectivity index is 2.05. The molecule has 0 aliphatic carbocycles. The summed E-state index contributed by atoms with van der Waals surface area (Å²) in [5.74, 6) is -1.27. The molecule has 0 aliphatic heterocycles. The lowest BCUT2D eigenvalue weighted by Crippen LogP contribution is -2.36. The first-order chi connectivity index (χ1) is 10.9. The molecular weight excluding hydrogens is 318 g/mol. The van der Waals surface area contributed by atoms with Gasteiger partial charge in [-0.2, -0.15) is 0 Å². The smallest absolute Gasteiger partial charge is 0.308 e. The van der Waals surface area contributed by atoms with Gasteiger partial charge in [0.05, 0.1) is 5.92 Å². The summed E-state index contributed by atoms with van der Waals surface area (Å²) in [4.78, 5) is 24.3. The van der Waals surface area contributed by atoms with Gasteiger partial charge in [-0.25, -0.2) is 0 Å². The quantitative estimate of drug-likeness (QED) is 0.881. The van der Waals surface area contributed by atoms with Gasteiger partial charge in [0.2, 0.25) is 0 Å². The molecule has 2 aromatic rings. The van der Waals surface area contributed by atoms with Crippen LogP contribution in [-0.4, -0.2) is 42.1 Å². The number of carbonyl (C=O) groups excluding carboxylic acids is 1. The van der Waals surface area contributed by atoms with E-state index in [4.69, 9.17) is 21.4 Å². The Hall–Kier alpha value is -2.27. The molecule has 122 valence electrons. The molecule has 0 aliphatic rings. The molecule has 1 unspecified atom stereocenters. The van der Waals surface area contributed by atoms with Crippen molar-refractivity contribution in [2.75, 3.05) is 20.2 Å². The van der Waals surface area contributed by atoms with Crippen LogP contribution < -0.4 is 4.74 Å². The second-order valence-corrected chi connectivity index (χ2v) is 5.80. The van der Waals surface area contributed by atoms with Crippen LogP contribution in [0.15, 0.2) is 36.4 Å². The molecule has 5 nitrogen and oxygen atoms in total. The lowest BCUT2D eigenvalue weighted by molar-refractivity contribution is -0.143. The average Bonchev–Trinajstić information content (AvgIpc) is 2.54. The Labute approximate surface area is 139 Å². The van der Waals surface area contributed by atoms with Crippen LogP contribution in [0.3, 0.4) is 0 Å². The second kappa shape index (κ2) is 7.33. The zero-order chi connectivity index (χ0) is 17.0. The molecule has 0 fully saturated rings. The summed E-state index contributed by atoms with van der Waals surface area (Å²) in [5, 5.41) is 11.2. The number of fused-ring (bicyclic) bond motifs is 1. The number of carboxylic acid groups (broad SMARTS) is 1. The van der Waals surface area contributed by atoms with Crippen LogP contribution in [0.25, 0.3) is 10.8 Å². The highest BCUT2D eigenvalue weighted by Gasteiger charge is 2.18. The van der Waals surface area contributed by atoms with Crippen LogP contribution in [-0.2, 0) is 9.59 Å². The maximum Gasteiger partial charge on any atom is 0.308 e. The molecular formula is C17H18ClNO4. The third kappa shape index (κ3) is 4.13. The van der Waals surface area contributed by atoms with E-state index >= 15 is 0 Å². The summed E-state index contributed by atoms with van der Waals surface area (Å²) in [6, 6.07) is 10.9. The molecule has 0 aromatic heterocycles. The van der Waals surface area contributed by atoms with E-state index in [-0.39, 0.29) is 19.1 Å². The van der Waals surface area contributed by atoms with Gasteiger partial charge >= 0.3 is 5.97 Å². The van der Waals surface area contributed by atoms with Gasteiger partial charge in [0.15, 0.2) is 6.61 Å². The number of amides is 1. The largest absolute Gasteiger partial charge is 0.483 e.